The van der Waals surface area contributed by atoms with Crippen molar-refractivity contribution >= 4 is 27.1 Å². The highest BCUT2D eigenvalue weighted by Crippen LogP contribution is 2.24. The van der Waals surface area contributed by atoms with Gasteiger partial charge in [-0.3, -0.25) is 4.55 Å². The second kappa shape index (κ2) is 8.67. The van der Waals surface area contributed by atoms with Crippen LogP contribution in [0.3, 0.4) is 0 Å². The van der Waals surface area contributed by atoms with Crippen molar-refractivity contribution < 1.29 is 31.7 Å². The van der Waals surface area contributed by atoms with Crippen molar-refractivity contribution in [2.45, 2.75) is 0 Å². The molecule has 1 aromatic heterocycles. The lowest BCUT2D eigenvalue weighted by molar-refractivity contribution is 0.0448. The Morgan fingerprint density at radius 1 is 1.29 bits per heavy atom. The first kappa shape index (κ1) is 19.9. The number of rotatable bonds is 5. The summed E-state index contributed by atoms with van der Waals surface area (Å²) < 4.78 is 41.6. The molecule has 134 valence electrons. The van der Waals surface area contributed by atoms with E-state index in [2.05, 4.69) is 0 Å². The van der Waals surface area contributed by atoms with Crippen LogP contribution in [-0.2, 0) is 14.9 Å². The van der Waals surface area contributed by atoms with Gasteiger partial charge in [0.15, 0.2) is 0 Å². The molecular weight excluding hydrogens is 338 g/mol. The van der Waals surface area contributed by atoms with Crippen LogP contribution in [0.4, 0.5) is 0 Å². The van der Waals surface area contributed by atoms with Crippen molar-refractivity contribution in [2.24, 2.45) is 0 Å². The average molecular weight is 359 g/mol. The fourth-order valence-electron chi connectivity index (χ4n) is 1.63. The minimum absolute atomic E-state index is 0.210. The van der Waals surface area contributed by atoms with E-state index >= 15 is 0 Å². The van der Waals surface area contributed by atoms with Gasteiger partial charge in [0, 0.05) is 18.0 Å². The number of likely N-dealkylation sites (N-methyl/N-ethyl adjacent to an activating group) is 1. The van der Waals surface area contributed by atoms with Crippen LogP contribution in [0.5, 0.6) is 5.75 Å². The number of benzene rings is 1. The van der Waals surface area contributed by atoms with E-state index < -0.39 is 16.1 Å². The first-order valence-electron chi connectivity index (χ1n) is 6.92. The topological polar surface area (TPSA) is 106 Å². The van der Waals surface area contributed by atoms with Crippen molar-refractivity contribution in [3.05, 3.63) is 30.0 Å². The minimum atomic E-state index is -3.67. The zero-order valence-corrected chi connectivity index (χ0v) is 14.8. The van der Waals surface area contributed by atoms with Crippen molar-refractivity contribution in [3.8, 4) is 5.75 Å². The van der Waals surface area contributed by atoms with E-state index in [9.17, 15) is 13.2 Å². The molecule has 0 unspecified atom stereocenters. The predicted octanol–water partition coefficient (Wildman–Crippen LogP) is 1.66. The van der Waals surface area contributed by atoms with Crippen LogP contribution in [0, 0.1) is 0 Å². The third kappa shape index (κ3) is 7.44. The fraction of sp³-hybridized carbons (Fsp3) is 0.400. The maximum Gasteiger partial charge on any atom is 0.374 e. The smallest absolute Gasteiger partial charge is 0.374 e. The number of carbonyl (C=O) groups excluding carboxylic acids is 1. The van der Waals surface area contributed by atoms with Gasteiger partial charge in [-0.1, -0.05) is 0 Å². The van der Waals surface area contributed by atoms with Crippen LogP contribution in [0.1, 0.15) is 10.6 Å². The second-order valence-corrected chi connectivity index (χ2v) is 6.65. The Morgan fingerprint density at radius 3 is 2.46 bits per heavy atom. The summed E-state index contributed by atoms with van der Waals surface area (Å²) in [6.45, 7) is 1.02. The molecule has 0 spiro atoms. The normalized spacial score (nSPS) is 11.1. The summed E-state index contributed by atoms with van der Waals surface area (Å²) in [5.74, 6) is 0.452. The molecule has 0 saturated carbocycles. The van der Waals surface area contributed by atoms with Crippen LogP contribution in [0.2, 0.25) is 0 Å². The molecule has 24 heavy (non-hydrogen) atoms. The van der Waals surface area contributed by atoms with Gasteiger partial charge in [-0.05, 0) is 32.3 Å². The standard InChI is InChI=1S/C14H17NO4.CH4O3S/c1-15(2)6-7-18-14(16)13-8-10-4-5-11(17-3)9-12(10)19-13;1-5(2,3)4/h4-5,8-9H,6-7H2,1-3H3;1H3,(H,2,3,4). The summed E-state index contributed by atoms with van der Waals surface area (Å²) in [6, 6.07) is 7.08. The van der Waals surface area contributed by atoms with Crippen LogP contribution in [-0.4, -0.2) is 64.5 Å². The Labute approximate surface area is 140 Å². The number of hydrogen-bond donors (Lipinski definition) is 1. The largest absolute Gasteiger partial charge is 0.497 e. The summed E-state index contributed by atoms with van der Waals surface area (Å²) in [5, 5.41) is 0.848. The molecule has 1 N–H and O–H groups in total. The number of methoxy groups -OCH3 is 1. The summed E-state index contributed by atoms with van der Waals surface area (Å²) in [4.78, 5) is 13.7. The van der Waals surface area contributed by atoms with Gasteiger partial charge in [-0.15, -0.1) is 0 Å². The van der Waals surface area contributed by atoms with E-state index in [4.69, 9.17) is 18.4 Å². The molecule has 2 aromatic rings. The first-order valence-corrected chi connectivity index (χ1v) is 8.77. The predicted molar refractivity (Wildman–Crippen MR) is 89.1 cm³/mol. The quantitative estimate of drug-likeness (QED) is 0.635. The van der Waals surface area contributed by atoms with Crippen LogP contribution in [0.15, 0.2) is 28.7 Å². The third-order valence-corrected chi connectivity index (χ3v) is 2.70. The highest BCUT2D eigenvalue weighted by Gasteiger charge is 2.14. The van der Waals surface area contributed by atoms with Gasteiger partial charge >= 0.3 is 5.97 Å². The van der Waals surface area contributed by atoms with Gasteiger partial charge in [0.2, 0.25) is 5.76 Å². The van der Waals surface area contributed by atoms with Gasteiger partial charge in [0.1, 0.15) is 17.9 Å². The maximum atomic E-state index is 11.8. The summed E-state index contributed by atoms with van der Waals surface area (Å²) in [6.07, 6.45) is 0.715. The van der Waals surface area contributed by atoms with E-state index in [0.717, 1.165) is 5.39 Å². The molecule has 0 saturated heterocycles. The molecule has 0 bridgehead atoms. The summed E-state index contributed by atoms with van der Waals surface area (Å²) >= 11 is 0. The number of carbonyl (C=O) groups is 1. The first-order chi connectivity index (χ1) is 11.1. The molecule has 0 radical (unpaired) electrons. The number of fused-ring (bicyclic) bond motifs is 1. The van der Waals surface area contributed by atoms with Gasteiger partial charge in [-0.2, -0.15) is 8.42 Å². The summed E-state index contributed by atoms with van der Waals surface area (Å²) in [7, 11) is 1.75. The monoisotopic (exact) mass is 359 g/mol. The van der Waals surface area contributed by atoms with E-state index in [1.165, 1.54) is 0 Å². The molecule has 9 heteroatoms. The number of hydrogen-bond acceptors (Lipinski definition) is 7. The molecule has 8 nitrogen and oxygen atoms in total. The van der Waals surface area contributed by atoms with Gasteiger partial charge in [-0.25, -0.2) is 4.79 Å². The molecule has 0 aliphatic carbocycles. The molecule has 0 amide bonds. The van der Waals surface area contributed by atoms with Crippen molar-refractivity contribution in [3.63, 3.8) is 0 Å². The van der Waals surface area contributed by atoms with Crippen molar-refractivity contribution in [2.75, 3.05) is 40.6 Å². The lowest BCUT2D eigenvalue weighted by Crippen LogP contribution is -2.19. The van der Waals surface area contributed by atoms with Crippen LogP contribution in [0.25, 0.3) is 11.0 Å². The highest BCUT2D eigenvalue weighted by molar-refractivity contribution is 7.85. The zero-order valence-electron chi connectivity index (χ0n) is 14.0. The SMILES string of the molecule is COc1ccc2cc(C(=O)OCCN(C)C)oc2c1.CS(=O)(=O)O. The Balaban J connectivity index is 0.000000505. The molecule has 0 fully saturated rings. The van der Waals surface area contributed by atoms with E-state index in [-0.39, 0.29) is 5.76 Å². The Bertz CT molecular complexity index is 772. The van der Waals surface area contributed by atoms with E-state index in [1.54, 1.807) is 19.2 Å². The Morgan fingerprint density at radius 2 is 1.92 bits per heavy atom. The highest BCUT2D eigenvalue weighted by atomic mass is 32.2. The van der Waals surface area contributed by atoms with Crippen LogP contribution < -0.4 is 4.74 Å². The molecule has 0 aliphatic rings. The Hall–Kier alpha value is -2.10. The number of furan rings is 1. The average Bonchev–Trinajstić information content (AvgIpc) is 2.87. The van der Waals surface area contributed by atoms with Gasteiger partial charge in [0.05, 0.1) is 13.4 Å². The van der Waals surface area contributed by atoms with E-state index in [0.29, 0.717) is 30.7 Å². The third-order valence-electron chi connectivity index (χ3n) is 2.70. The summed E-state index contributed by atoms with van der Waals surface area (Å²) in [5.41, 5.74) is 0.610. The van der Waals surface area contributed by atoms with Crippen LogP contribution >= 0.6 is 0 Å². The minimum Gasteiger partial charge on any atom is -0.497 e. The fourth-order valence-corrected chi connectivity index (χ4v) is 1.63. The maximum absolute atomic E-state index is 11.8. The molecule has 1 heterocycles. The number of nitrogens with zero attached hydrogens (tertiary/aromatic N) is 1. The van der Waals surface area contributed by atoms with Gasteiger partial charge in [0.25, 0.3) is 10.1 Å². The molecule has 1 aromatic carbocycles. The molecule has 0 aliphatic heterocycles. The lowest BCUT2D eigenvalue weighted by Gasteiger charge is -2.08. The van der Waals surface area contributed by atoms with Crippen molar-refractivity contribution in [1.82, 2.24) is 4.90 Å². The zero-order chi connectivity index (χ0) is 18.3. The number of ether oxygens (including phenoxy) is 2. The molecular formula is C15H21NO7S. The van der Waals surface area contributed by atoms with Gasteiger partial charge < -0.3 is 18.8 Å². The molecule has 0 atom stereocenters. The van der Waals surface area contributed by atoms with E-state index in [1.807, 2.05) is 31.1 Å². The second-order valence-electron chi connectivity index (χ2n) is 5.19. The van der Waals surface area contributed by atoms with Crippen molar-refractivity contribution in [1.29, 1.82) is 0 Å². The number of esters is 1. The molecule has 2 rings (SSSR count). The lowest BCUT2D eigenvalue weighted by atomic mass is 10.2. The Kier molecular flexibility index (Phi) is 7.20.